The maximum atomic E-state index is 13.0. The molecule has 0 saturated heterocycles. The van der Waals surface area contributed by atoms with Crippen molar-refractivity contribution in [2.45, 2.75) is 56.5 Å². The van der Waals surface area contributed by atoms with Crippen molar-refractivity contribution >= 4 is 18.0 Å². The lowest BCUT2D eigenvalue weighted by atomic mass is 9.73. The molecule has 2 aliphatic carbocycles. The molecule has 2 aliphatic rings. The van der Waals surface area contributed by atoms with Crippen molar-refractivity contribution in [2.75, 3.05) is 13.2 Å². The van der Waals surface area contributed by atoms with Gasteiger partial charge in [-0.05, 0) is 42.0 Å². The Hall–Kier alpha value is -3.39. The molecule has 4 N–H and O–H groups in total. The minimum Gasteiger partial charge on any atom is -0.480 e. The fourth-order valence-corrected chi connectivity index (χ4v) is 5.43. The minimum atomic E-state index is -1.20. The second-order valence-electron chi connectivity index (χ2n) is 9.58. The van der Waals surface area contributed by atoms with E-state index in [-0.39, 0.29) is 25.6 Å². The van der Waals surface area contributed by atoms with Gasteiger partial charge in [0.1, 0.15) is 12.6 Å². The Bertz CT molecular complexity index is 1060. The Morgan fingerprint density at radius 1 is 1.06 bits per heavy atom. The third kappa shape index (κ3) is 5.17. The van der Waals surface area contributed by atoms with Crippen molar-refractivity contribution in [3.05, 3.63) is 59.7 Å². The van der Waals surface area contributed by atoms with E-state index in [1.54, 1.807) is 6.92 Å². The molecule has 0 bridgehead atoms. The van der Waals surface area contributed by atoms with E-state index in [9.17, 15) is 19.5 Å². The van der Waals surface area contributed by atoms with Crippen LogP contribution in [0.1, 0.15) is 56.1 Å². The van der Waals surface area contributed by atoms with Gasteiger partial charge in [-0.15, -0.1) is 0 Å². The molecule has 2 amide bonds. The quantitative estimate of drug-likeness (QED) is 0.459. The van der Waals surface area contributed by atoms with E-state index in [1.807, 2.05) is 24.3 Å². The van der Waals surface area contributed by atoms with Gasteiger partial charge in [-0.3, -0.25) is 4.79 Å². The van der Waals surface area contributed by atoms with Crippen molar-refractivity contribution in [3.8, 4) is 11.1 Å². The molecule has 0 aromatic heterocycles. The number of ether oxygens (including phenoxy) is 1. The average molecular weight is 481 g/mol. The molecular weight excluding hydrogens is 448 g/mol. The molecule has 1 fully saturated rings. The maximum absolute atomic E-state index is 13.0. The largest absolute Gasteiger partial charge is 0.480 e. The van der Waals surface area contributed by atoms with Crippen molar-refractivity contribution < 1.29 is 29.3 Å². The molecule has 2 aromatic carbocycles. The van der Waals surface area contributed by atoms with Crippen LogP contribution in [0.2, 0.25) is 0 Å². The fourth-order valence-electron chi connectivity index (χ4n) is 5.43. The molecule has 186 valence electrons. The summed E-state index contributed by atoms with van der Waals surface area (Å²) in [6.45, 7) is 1.63. The van der Waals surface area contributed by atoms with E-state index in [0.717, 1.165) is 35.1 Å². The van der Waals surface area contributed by atoms with Gasteiger partial charge < -0.3 is 25.6 Å². The number of benzene rings is 2. The summed E-state index contributed by atoms with van der Waals surface area (Å²) in [6.07, 6.45) is 2.06. The van der Waals surface area contributed by atoms with Crippen molar-refractivity contribution in [3.63, 3.8) is 0 Å². The lowest BCUT2D eigenvalue weighted by molar-refractivity contribution is -0.143. The number of amides is 2. The smallest absolute Gasteiger partial charge is 0.407 e. The first kappa shape index (κ1) is 24.7. The van der Waals surface area contributed by atoms with Crippen LogP contribution in [0.15, 0.2) is 48.5 Å². The molecule has 8 heteroatoms. The Morgan fingerprint density at radius 3 is 2.29 bits per heavy atom. The highest BCUT2D eigenvalue weighted by molar-refractivity contribution is 5.86. The van der Waals surface area contributed by atoms with Gasteiger partial charge in [-0.1, -0.05) is 61.4 Å². The van der Waals surface area contributed by atoms with Crippen LogP contribution in [0.3, 0.4) is 0 Å². The first-order valence-electron chi connectivity index (χ1n) is 12.1. The van der Waals surface area contributed by atoms with Crippen molar-refractivity contribution in [1.82, 2.24) is 10.6 Å². The summed E-state index contributed by atoms with van der Waals surface area (Å²) in [5.74, 6) is -2.31. The molecule has 8 nitrogen and oxygen atoms in total. The number of rotatable bonds is 8. The number of aliphatic carboxylic acids is 1. The minimum absolute atomic E-state index is 0.0683. The van der Waals surface area contributed by atoms with Gasteiger partial charge in [-0.25, -0.2) is 9.59 Å². The van der Waals surface area contributed by atoms with E-state index < -0.39 is 35.5 Å². The lowest BCUT2D eigenvalue weighted by Gasteiger charge is -2.41. The topological polar surface area (TPSA) is 125 Å². The summed E-state index contributed by atoms with van der Waals surface area (Å²) < 4.78 is 5.68. The highest BCUT2D eigenvalue weighted by Gasteiger charge is 2.43. The number of alkyl carbamates (subject to hydrolysis) is 1. The molecule has 35 heavy (non-hydrogen) atoms. The highest BCUT2D eigenvalue weighted by atomic mass is 16.5. The molecule has 1 saturated carbocycles. The van der Waals surface area contributed by atoms with E-state index in [0.29, 0.717) is 12.8 Å². The molecule has 0 spiro atoms. The van der Waals surface area contributed by atoms with Gasteiger partial charge in [0.25, 0.3) is 0 Å². The number of nitrogens with one attached hydrogen (secondary N) is 2. The molecule has 2 aromatic rings. The number of hydrogen-bond donors (Lipinski definition) is 4. The monoisotopic (exact) mass is 480 g/mol. The van der Waals surface area contributed by atoms with Crippen LogP contribution in [0, 0.1) is 5.92 Å². The molecule has 0 aliphatic heterocycles. The summed E-state index contributed by atoms with van der Waals surface area (Å²) in [7, 11) is 0. The van der Waals surface area contributed by atoms with E-state index >= 15 is 0 Å². The van der Waals surface area contributed by atoms with Crippen LogP contribution in [0.5, 0.6) is 0 Å². The molecule has 0 heterocycles. The molecule has 4 rings (SSSR count). The molecular formula is C27H32N2O6. The van der Waals surface area contributed by atoms with Crippen LogP contribution in [0.25, 0.3) is 11.1 Å². The third-order valence-corrected chi connectivity index (χ3v) is 7.29. The summed E-state index contributed by atoms with van der Waals surface area (Å²) in [5.41, 5.74) is 3.65. The Balaban J connectivity index is 1.43. The number of carboxylic acid groups (broad SMARTS) is 1. The van der Waals surface area contributed by atoms with Crippen LogP contribution >= 0.6 is 0 Å². The molecule has 0 radical (unpaired) electrons. The molecule has 3 unspecified atom stereocenters. The van der Waals surface area contributed by atoms with Gasteiger partial charge in [0.05, 0.1) is 11.5 Å². The van der Waals surface area contributed by atoms with Gasteiger partial charge >= 0.3 is 12.1 Å². The summed E-state index contributed by atoms with van der Waals surface area (Å²) in [6, 6.07) is 15.0. The number of fused-ring (bicyclic) bond motifs is 3. The van der Waals surface area contributed by atoms with Crippen molar-refractivity contribution in [1.29, 1.82) is 0 Å². The van der Waals surface area contributed by atoms with E-state index in [2.05, 4.69) is 34.9 Å². The summed E-state index contributed by atoms with van der Waals surface area (Å²) in [4.78, 5) is 37.3. The zero-order valence-corrected chi connectivity index (χ0v) is 19.8. The fraction of sp³-hybridized carbons (Fsp3) is 0.444. The molecule has 3 atom stereocenters. The summed E-state index contributed by atoms with van der Waals surface area (Å²) >= 11 is 0. The third-order valence-electron chi connectivity index (χ3n) is 7.29. The number of carbonyl (C=O) groups is 3. The Morgan fingerprint density at radius 2 is 1.69 bits per heavy atom. The van der Waals surface area contributed by atoms with E-state index in [1.165, 1.54) is 0 Å². The predicted molar refractivity (Wildman–Crippen MR) is 130 cm³/mol. The second kappa shape index (κ2) is 10.5. The number of hydrogen-bond acceptors (Lipinski definition) is 5. The van der Waals surface area contributed by atoms with E-state index in [4.69, 9.17) is 9.84 Å². The first-order chi connectivity index (χ1) is 16.8. The number of aliphatic hydroxyl groups excluding tert-OH is 1. The highest BCUT2D eigenvalue weighted by Crippen LogP contribution is 2.44. The average Bonchev–Trinajstić information content (AvgIpc) is 3.16. The number of aliphatic hydroxyl groups is 1. The standard InChI is InChI=1S/C27H32N2O6/c1-27(14-7-6-12-22(27)24(31)28-23(13-15-30)25(32)33)29-26(34)35-16-21-19-10-4-2-8-17(19)18-9-3-5-11-20(18)21/h2-5,8-11,21-23,30H,6-7,12-16H2,1H3,(H,28,31)(H,29,34)(H,32,33). The van der Waals surface area contributed by atoms with Crippen LogP contribution in [-0.4, -0.2) is 53.0 Å². The van der Waals surface area contributed by atoms with Gasteiger partial charge in [0.2, 0.25) is 5.91 Å². The van der Waals surface area contributed by atoms with Gasteiger partial charge in [-0.2, -0.15) is 0 Å². The first-order valence-corrected chi connectivity index (χ1v) is 12.1. The summed E-state index contributed by atoms with van der Waals surface area (Å²) in [5, 5.41) is 23.9. The zero-order valence-electron chi connectivity index (χ0n) is 19.8. The SMILES string of the molecule is CC1(NC(=O)OCC2c3ccccc3-c3ccccc32)CCCCC1C(=O)NC(CCO)C(=O)O. The van der Waals surface area contributed by atoms with Crippen LogP contribution in [0.4, 0.5) is 4.79 Å². The Labute approximate surface area is 204 Å². The van der Waals surface area contributed by atoms with Crippen LogP contribution in [-0.2, 0) is 14.3 Å². The maximum Gasteiger partial charge on any atom is 0.407 e. The zero-order chi connectivity index (χ0) is 25.0. The van der Waals surface area contributed by atoms with Crippen LogP contribution < -0.4 is 10.6 Å². The van der Waals surface area contributed by atoms with Gasteiger partial charge in [0, 0.05) is 18.9 Å². The normalized spacial score (nSPS) is 21.9. The Kier molecular flexibility index (Phi) is 7.40. The van der Waals surface area contributed by atoms with Crippen molar-refractivity contribution in [2.24, 2.45) is 5.92 Å². The number of carbonyl (C=O) groups excluding carboxylic acids is 2. The lowest BCUT2D eigenvalue weighted by Crippen LogP contribution is -2.59. The second-order valence-corrected chi connectivity index (χ2v) is 9.58. The number of carboxylic acids is 1. The predicted octanol–water partition coefficient (Wildman–Crippen LogP) is 3.43. The van der Waals surface area contributed by atoms with Gasteiger partial charge in [0.15, 0.2) is 0 Å².